The highest BCUT2D eigenvalue weighted by molar-refractivity contribution is 6.30. The van der Waals surface area contributed by atoms with Crippen molar-refractivity contribution in [1.82, 2.24) is 14.8 Å². The minimum atomic E-state index is -4.31. The number of pyridine rings is 1. The second-order valence-corrected chi connectivity index (χ2v) is 4.11. The third-order valence-electron chi connectivity index (χ3n) is 2.29. The molecule has 2 heterocycles. The molecule has 7 heteroatoms. The summed E-state index contributed by atoms with van der Waals surface area (Å²) >= 11 is 5.88. The minimum absolute atomic E-state index is 0.0681. The van der Waals surface area contributed by atoms with Crippen LogP contribution in [0.5, 0.6) is 0 Å². The molecule has 2 aromatic heterocycles. The zero-order valence-corrected chi connectivity index (χ0v) is 10.4. The Morgan fingerprint density at radius 2 is 2.16 bits per heavy atom. The van der Waals surface area contributed by atoms with Gasteiger partial charge in [0.25, 0.3) is 0 Å². The van der Waals surface area contributed by atoms with Gasteiger partial charge in [0.15, 0.2) is 5.15 Å². The molecule has 0 fully saturated rings. The van der Waals surface area contributed by atoms with Crippen LogP contribution in [0.4, 0.5) is 13.2 Å². The highest BCUT2D eigenvalue weighted by atomic mass is 35.5. The van der Waals surface area contributed by atoms with Crippen molar-refractivity contribution in [2.45, 2.75) is 12.6 Å². The first-order valence-electron chi connectivity index (χ1n) is 5.34. The van der Waals surface area contributed by atoms with E-state index in [-0.39, 0.29) is 17.6 Å². The van der Waals surface area contributed by atoms with E-state index >= 15 is 0 Å². The molecule has 0 aliphatic carbocycles. The van der Waals surface area contributed by atoms with Crippen LogP contribution in [0, 0.1) is 0 Å². The highest BCUT2D eigenvalue weighted by Crippen LogP contribution is 2.20. The molecule has 100 valence electrons. The van der Waals surface area contributed by atoms with Gasteiger partial charge in [-0.25, -0.2) is 4.68 Å². The normalized spacial score (nSPS) is 12.2. The molecule has 0 saturated carbocycles. The molecule has 0 aliphatic heterocycles. The molecule has 0 unspecified atom stereocenters. The summed E-state index contributed by atoms with van der Waals surface area (Å²) in [5.41, 5.74) is 1.21. The van der Waals surface area contributed by atoms with Gasteiger partial charge in [-0.15, -0.1) is 0 Å². The van der Waals surface area contributed by atoms with E-state index in [9.17, 15) is 13.2 Å². The maximum atomic E-state index is 12.0. The third-order valence-corrected chi connectivity index (χ3v) is 2.61. The number of nitrogens with zero attached hydrogens (tertiary/aromatic N) is 3. The lowest BCUT2D eigenvalue weighted by molar-refractivity contribution is -0.0800. The summed E-state index contributed by atoms with van der Waals surface area (Å²) in [5.74, 6) is 0. The molecular weight excluding hydrogens is 279 g/mol. The SMILES string of the molecule is FC(F)(F)/C=C/Cc1cn(-c2cccnc2)nc1Cl. The zero-order chi connectivity index (χ0) is 13.9. The summed E-state index contributed by atoms with van der Waals surface area (Å²) in [6.45, 7) is 0. The fourth-order valence-corrected chi connectivity index (χ4v) is 1.67. The predicted octanol–water partition coefficient (Wildman–Crippen LogP) is 3.58. The maximum absolute atomic E-state index is 12.0. The number of rotatable bonds is 3. The average Bonchev–Trinajstić information content (AvgIpc) is 2.71. The first-order chi connectivity index (χ1) is 8.96. The fourth-order valence-electron chi connectivity index (χ4n) is 1.47. The van der Waals surface area contributed by atoms with Crippen molar-refractivity contribution in [2.75, 3.05) is 0 Å². The summed E-state index contributed by atoms with van der Waals surface area (Å²) in [6, 6.07) is 3.50. The largest absolute Gasteiger partial charge is 0.409 e. The Kier molecular flexibility index (Phi) is 3.90. The molecule has 0 atom stereocenters. The highest BCUT2D eigenvalue weighted by Gasteiger charge is 2.21. The molecule has 2 aromatic rings. The van der Waals surface area contributed by atoms with Crippen LogP contribution in [0.15, 0.2) is 42.9 Å². The number of hydrogen-bond donors (Lipinski definition) is 0. The van der Waals surface area contributed by atoms with Gasteiger partial charge < -0.3 is 0 Å². The van der Waals surface area contributed by atoms with E-state index in [2.05, 4.69) is 10.1 Å². The molecule has 0 aliphatic rings. The van der Waals surface area contributed by atoms with E-state index in [1.54, 1.807) is 30.7 Å². The van der Waals surface area contributed by atoms with Gasteiger partial charge in [-0.05, 0) is 18.6 Å². The van der Waals surface area contributed by atoms with Gasteiger partial charge in [0.2, 0.25) is 0 Å². The molecule has 0 amide bonds. The maximum Gasteiger partial charge on any atom is 0.409 e. The van der Waals surface area contributed by atoms with Crippen LogP contribution in [0.1, 0.15) is 5.56 Å². The van der Waals surface area contributed by atoms with Crippen LogP contribution < -0.4 is 0 Å². The molecule has 2 rings (SSSR count). The minimum Gasteiger partial charge on any atom is -0.262 e. The van der Waals surface area contributed by atoms with Crippen molar-refractivity contribution < 1.29 is 13.2 Å². The quantitative estimate of drug-likeness (QED) is 0.808. The Morgan fingerprint density at radius 1 is 1.37 bits per heavy atom. The topological polar surface area (TPSA) is 30.7 Å². The number of hydrogen-bond acceptors (Lipinski definition) is 2. The molecule has 0 saturated heterocycles. The third kappa shape index (κ3) is 3.82. The molecule has 0 radical (unpaired) electrons. The number of halogens is 4. The summed E-state index contributed by atoms with van der Waals surface area (Å²) in [5, 5.41) is 4.20. The predicted molar refractivity (Wildman–Crippen MR) is 65.3 cm³/mol. The zero-order valence-electron chi connectivity index (χ0n) is 9.60. The van der Waals surface area contributed by atoms with E-state index in [4.69, 9.17) is 11.6 Å². The molecule has 0 bridgehead atoms. The Labute approximate surface area is 112 Å². The Bertz CT molecular complexity index is 576. The number of aromatic nitrogens is 3. The smallest absolute Gasteiger partial charge is 0.262 e. The van der Waals surface area contributed by atoms with Gasteiger partial charge in [-0.1, -0.05) is 17.7 Å². The lowest BCUT2D eigenvalue weighted by Crippen LogP contribution is -2.00. The van der Waals surface area contributed by atoms with E-state index in [1.807, 2.05) is 0 Å². The van der Waals surface area contributed by atoms with Gasteiger partial charge in [-0.2, -0.15) is 18.3 Å². The molecule has 0 aromatic carbocycles. The summed E-state index contributed by atoms with van der Waals surface area (Å²) in [4.78, 5) is 3.93. The summed E-state index contributed by atoms with van der Waals surface area (Å²) in [6.07, 6.45) is 1.73. The van der Waals surface area contributed by atoms with E-state index in [0.29, 0.717) is 11.3 Å². The standard InChI is InChI=1S/C12H9ClF3N3/c13-11-9(3-1-5-12(14,15)16)8-19(18-11)10-4-2-6-17-7-10/h1-2,4-8H,3H2/b5-1+. The van der Waals surface area contributed by atoms with Gasteiger partial charge in [0.05, 0.1) is 11.9 Å². The van der Waals surface area contributed by atoms with Crippen LogP contribution in [0.25, 0.3) is 5.69 Å². The summed E-state index contributed by atoms with van der Waals surface area (Å²) < 4.78 is 37.4. The van der Waals surface area contributed by atoms with Crippen LogP contribution in [-0.4, -0.2) is 20.9 Å². The van der Waals surface area contributed by atoms with Crippen molar-refractivity contribution in [2.24, 2.45) is 0 Å². The first kappa shape index (κ1) is 13.6. The van der Waals surface area contributed by atoms with Crippen molar-refractivity contribution in [1.29, 1.82) is 0 Å². The van der Waals surface area contributed by atoms with Crippen LogP contribution in [0.2, 0.25) is 5.15 Å². The Morgan fingerprint density at radius 3 is 2.79 bits per heavy atom. The molecule has 3 nitrogen and oxygen atoms in total. The molecule has 0 spiro atoms. The van der Waals surface area contributed by atoms with Gasteiger partial charge in [0.1, 0.15) is 0 Å². The van der Waals surface area contributed by atoms with Crippen LogP contribution >= 0.6 is 11.6 Å². The van der Waals surface area contributed by atoms with Crippen LogP contribution in [-0.2, 0) is 6.42 Å². The molecular formula is C12H9ClF3N3. The van der Waals surface area contributed by atoms with Gasteiger partial charge in [-0.3, -0.25) is 4.98 Å². The molecule has 0 N–H and O–H groups in total. The first-order valence-corrected chi connectivity index (χ1v) is 5.72. The monoisotopic (exact) mass is 287 g/mol. The second-order valence-electron chi connectivity index (χ2n) is 3.75. The van der Waals surface area contributed by atoms with Gasteiger partial charge >= 0.3 is 6.18 Å². The van der Waals surface area contributed by atoms with Crippen molar-refractivity contribution in [3.8, 4) is 5.69 Å². The van der Waals surface area contributed by atoms with Crippen molar-refractivity contribution in [3.63, 3.8) is 0 Å². The summed E-state index contributed by atoms with van der Waals surface area (Å²) in [7, 11) is 0. The average molecular weight is 288 g/mol. The van der Waals surface area contributed by atoms with Crippen LogP contribution in [0.3, 0.4) is 0 Å². The van der Waals surface area contributed by atoms with E-state index in [1.165, 1.54) is 4.68 Å². The van der Waals surface area contributed by atoms with E-state index < -0.39 is 6.18 Å². The van der Waals surface area contributed by atoms with Gasteiger partial charge in [0, 0.05) is 24.0 Å². The van der Waals surface area contributed by atoms with E-state index in [0.717, 1.165) is 6.08 Å². The Hall–Kier alpha value is -1.82. The number of allylic oxidation sites excluding steroid dienone is 2. The number of alkyl halides is 3. The molecule has 19 heavy (non-hydrogen) atoms. The lowest BCUT2D eigenvalue weighted by Gasteiger charge is -1.98. The van der Waals surface area contributed by atoms with Crippen molar-refractivity contribution in [3.05, 3.63) is 53.6 Å². The lowest BCUT2D eigenvalue weighted by atomic mass is 10.2. The van der Waals surface area contributed by atoms with Crippen molar-refractivity contribution >= 4 is 11.6 Å². The Balaban J connectivity index is 2.16. The fraction of sp³-hybridized carbons (Fsp3) is 0.167. The second kappa shape index (κ2) is 5.44.